The molecule has 0 saturated carbocycles. The quantitative estimate of drug-likeness (QED) is 0.187. The molecule has 0 radical (unpaired) electrons. The Morgan fingerprint density at radius 2 is 1.84 bits per heavy atom. The van der Waals surface area contributed by atoms with Gasteiger partial charge in [0, 0.05) is 6.07 Å². The van der Waals surface area contributed by atoms with Gasteiger partial charge >= 0.3 is 5.97 Å². The van der Waals surface area contributed by atoms with Crippen molar-refractivity contribution in [1.29, 1.82) is 0 Å². The summed E-state index contributed by atoms with van der Waals surface area (Å²) in [6.45, 7) is 1.75. The van der Waals surface area contributed by atoms with Gasteiger partial charge in [0.2, 0.25) is 11.6 Å². The molecule has 0 fully saturated rings. The van der Waals surface area contributed by atoms with E-state index in [2.05, 4.69) is 21.0 Å². The third-order valence-corrected chi connectivity index (χ3v) is 5.87. The molecule has 0 aliphatic heterocycles. The Kier molecular flexibility index (Phi) is 5.92. The van der Waals surface area contributed by atoms with Crippen molar-refractivity contribution < 1.29 is 18.9 Å². The van der Waals surface area contributed by atoms with Crippen LogP contribution in [-0.2, 0) is 0 Å². The Morgan fingerprint density at radius 1 is 1.13 bits per heavy atom. The smallest absolute Gasteiger partial charge is 0.381 e. The van der Waals surface area contributed by atoms with Crippen LogP contribution in [0.1, 0.15) is 16.2 Å². The van der Waals surface area contributed by atoms with E-state index < -0.39 is 10.9 Å². The van der Waals surface area contributed by atoms with Gasteiger partial charge < -0.3 is 9.15 Å². The average Bonchev–Trinajstić information content (AvgIpc) is 3.33. The first-order chi connectivity index (χ1) is 14.9. The molecule has 0 atom stereocenters. The van der Waals surface area contributed by atoms with Crippen molar-refractivity contribution in [2.75, 3.05) is 0 Å². The molecule has 0 saturated heterocycles. The van der Waals surface area contributed by atoms with Crippen molar-refractivity contribution in [2.24, 2.45) is 0 Å². The fraction of sp³-hybridized carbons (Fsp3) is 0.0476. The predicted octanol–water partition coefficient (Wildman–Crippen LogP) is 5.81. The average molecular weight is 500 g/mol. The van der Waals surface area contributed by atoms with Crippen molar-refractivity contribution in [3.05, 3.63) is 93.0 Å². The molecule has 31 heavy (non-hydrogen) atoms. The lowest BCUT2D eigenvalue weighted by Gasteiger charge is -2.09. The predicted molar refractivity (Wildman–Crippen MR) is 117 cm³/mol. The second-order valence-corrected chi connectivity index (χ2v) is 8.12. The van der Waals surface area contributed by atoms with Crippen LogP contribution in [-0.4, -0.2) is 20.7 Å². The molecule has 0 amide bonds. The summed E-state index contributed by atoms with van der Waals surface area (Å²) in [6, 6.07) is 18.6. The summed E-state index contributed by atoms with van der Waals surface area (Å²) < 4.78 is 12.9. The molecule has 0 aliphatic rings. The number of benzene rings is 2. The van der Waals surface area contributed by atoms with E-state index in [-0.39, 0.29) is 17.3 Å². The highest BCUT2D eigenvalue weighted by atomic mass is 79.9. The first-order valence-corrected chi connectivity index (χ1v) is 10.6. The summed E-state index contributed by atoms with van der Waals surface area (Å²) >= 11 is 4.27. The molecule has 0 unspecified atom stereocenters. The maximum Gasteiger partial charge on any atom is 0.381 e. The summed E-state index contributed by atoms with van der Waals surface area (Å²) in [5.41, 5.74) is 1.17. The number of rotatable bonds is 6. The van der Waals surface area contributed by atoms with Crippen molar-refractivity contribution in [3.8, 4) is 11.6 Å². The number of aromatic nitrogens is 2. The van der Waals surface area contributed by atoms with E-state index in [0.717, 1.165) is 11.8 Å². The van der Waals surface area contributed by atoms with Crippen LogP contribution in [0.3, 0.4) is 0 Å². The summed E-state index contributed by atoms with van der Waals surface area (Å²) in [4.78, 5) is 24.6. The van der Waals surface area contributed by atoms with E-state index in [1.165, 1.54) is 16.8 Å². The minimum atomic E-state index is -0.716. The zero-order chi connectivity index (χ0) is 22.0. The Hall–Kier alpha value is -3.37. The second kappa shape index (κ2) is 8.78. The largest absolute Gasteiger partial charge is 0.442 e. The van der Waals surface area contributed by atoms with Crippen molar-refractivity contribution in [1.82, 2.24) is 9.78 Å². The number of para-hydroxylation sites is 2. The Labute approximate surface area is 189 Å². The van der Waals surface area contributed by atoms with Gasteiger partial charge in [0.25, 0.3) is 5.69 Å². The number of nitrogens with zero attached hydrogens (tertiary/aromatic N) is 3. The first-order valence-electron chi connectivity index (χ1n) is 8.98. The lowest BCUT2D eigenvalue weighted by Crippen LogP contribution is -2.11. The van der Waals surface area contributed by atoms with Crippen molar-refractivity contribution in [3.63, 3.8) is 0 Å². The zero-order valence-electron chi connectivity index (χ0n) is 16.0. The molecule has 4 rings (SSSR count). The van der Waals surface area contributed by atoms with Gasteiger partial charge in [-0.1, -0.05) is 42.1 Å². The fourth-order valence-electron chi connectivity index (χ4n) is 2.81. The minimum Gasteiger partial charge on any atom is -0.442 e. The second-order valence-electron chi connectivity index (χ2n) is 6.29. The van der Waals surface area contributed by atoms with Gasteiger partial charge in [-0.25, -0.2) is 4.79 Å². The van der Waals surface area contributed by atoms with Crippen LogP contribution in [0.2, 0.25) is 0 Å². The standard InChI is InChI=1S/C21H14BrN3O5S/c1-13-19(31-17-10-6-5-9-15(17)25(27)28)20(24(23-13)14-7-3-2-4-8-14)30-21(26)16-11-12-18(22)29-16/h2-12H,1H3. The van der Waals surface area contributed by atoms with Gasteiger partial charge in [0.15, 0.2) is 4.67 Å². The molecule has 0 aliphatic carbocycles. The van der Waals surface area contributed by atoms with Crippen LogP contribution >= 0.6 is 27.7 Å². The molecule has 0 bridgehead atoms. The number of nitro benzene ring substituents is 1. The number of esters is 1. The number of carbonyl (C=O) groups excluding carboxylic acids is 1. The van der Waals surface area contributed by atoms with Crippen molar-refractivity contribution in [2.45, 2.75) is 16.7 Å². The number of carbonyl (C=O) groups is 1. The monoisotopic (exact) mass is 499 g/mol. The number of furan rings is 1. The number of ether oxygens (including phenoxy) is 1. The third kappa shape index (κ3) is 4.39. The van der Waals surface area contributed by atoms with Gasteiger partial charge in [-0.15, -0.1) is 0 Å². The van der Waals surface area contributed by atoms with Crippen LogP contribution in [0.5, 0.6) is 5.88 Å². The Morgan fingerprint density at radius 3 is 2.52 bits per heavy atom. The maximum atomic E-state index is 12.7. The lowest BCUT2D eigenvalue weighted by atomic mass is 10.3. The molecule has 10 heteroatoms. The van der Waals surface area contributed by atoms with Gasteiger partial charge in [0.1, 0.15) is 0 Å². The fourth-order valence-corrected chi connectivity index (χ4v) is 4.13. The zero-order valence-corrected chi connectivity index (χ0v) is 18.4. The first kappa shape index (κ1) is 20.9. The van der Waals surface area contributed by atoms with Crippen LogP contribution in [0.4, 0.5) is 5.69 Å². The van der Waals surface area contributed by atoms with Crippen LogP contribution in [0, 0.1) is 17.0 Å². The number of aryl methyl sites for hydroxylation is 1. The number of nitro groups is 1. The summed E-state index contributed by atoms with van der Waals surface area (Å²) in [5, 5.41) is 16.0. The maximum absolute atomic E-state index is 12.7. The van der Waals surface area contributed by atoms with E-state index >= 15 is 0 Å². The Balaban J connectivity index is 1.80. The summed E-state index contributed by atoms with van der Waals surface area (Å²) in [7, 11) is 0. The van der Waals surface area contributed by atoms with E-state index in [1.54, 1.807) is 31.2 Å². The molecule has 0 N–H and O–H groups in total. The van der Waals surface area contributed by atoms with Gasteiger partial charge in [0.05, 0.1) is 26.1 Å². The lowest BCUT2D eigenvalue weighted by molar-refractivity contribution is -0.387. The molecular formula is C21H14BrN3O5S. The topological polar surface area (TPSA) is 100 Å². The van der Waals surface area contributed by atoms with Gasteiger partial charge in [-0.2, -0.15) is 9.78 Å². The van der Waals surface area contributed by atoms with Crippen LogP contribution < -0.4 is 4.74 Å². The van der Waals surface area contributed by atoms with Crippen LogP contribution in [0.25, 0.3) is 5.69 Å². The molecule has 8 nitrogen and oxygen atoms in total. The Bertz CT molecular complexity index is 1270. The number of halogens is 1. The number of hydrogen-bond donors (Lipinski definition) is 0. The van der Waals surface area contributed by atoms with E-state index in [4.69, 9.17) is 9.15 Å². The van der Waals surface area contributed by atoms with E-state index in [9.17, 15) is 14.9 Å². The molecule has 2 aromatic carbocycles. The summed E-state index contributed by atoms with van der Waals surface area (Å²) in [6.07, 6.45) is 0. The van der Waals surface area contributed by atoms with E-state index in [0.29, 0.717) is 25.8 Å². The van der Waals surface area contributed by atoms with Gasteiger partial charge in [-0.05, 0) is 53.2 Å². The highest BCUT2D eigenvalue weighted by molar-refractivity contribution is 9.10. The van der Waals surface area contributed by atoms with E-state index in [1.807, 2.05) is 30.3 Å². The summed E-state index contributed by atoms with van der Waals surface area (Å²) in [5.74, 6) is -0.566. The highest BCUT2D eigenvalue weighted by Gasteiger charge is 2.26. The molecule has 2 aromatic heterocycles. The third-order valence-electron chi connectivity index (χ3n) is 4.20. The molecular weight excluding hydrogens is 486 g/mol. The van der Waals surface area contributed by atoms with Crippen LogP contribution in [0.15, 0.2) is 85.6 Å². The normalized spacial score (nSPS) is 10.8. The minimum absolute atomic E-state index is 0.00646. The highest BCUT2D eigenvalue weighted by Crippen LogP contribution is 2.42. The van der Waals surface area contributed by atoms with Crippen molar-refractivity contribution >= 4 is 39.3 Å². The molecule has 0 spiro atoms. The SMILES string of the molecule is Cc1nn(-c2ccccc2)c(OC(=O)c2ccc(Br)o2)c1Sc1ccccc1[N+](=O)[O-]. The molecule has 4 aromatic rings. The van der Waals surface area contributed by atoms with Gasteiger partial charge in [-0.3, -0.25) is 10.1 Å². The number of hydrogen-bond acceptors (Lipinski definition) is 7. The molecule has 156 valence electrons. The molecule has 2 heterocycles.